The number of carbonyl (C=O) groups excluding carboxylic acids is 1. The smallest absolute Gasteiger partial charge is 0.336 e. The van der Waals surface area contributed by atoms with Gasteiger partial charge in [0.1, 0.15) is 12.2 Å². The molecule has 0 aliphatic rings. The van der Waals surface area contributed by atoms with Crippen LogP contribution in [0.5, 0.6) is 0 Å². The van der Waals surface area contributed by atoms with Crippen LogP contribution >= 0.6 is 0 Å². The first kappa shape index (κ1) is 20.5. The van der Waals surface area contributed by atoms with Crippen LogP contribution in [-0.4, -0.2) is 15.5 Å². The second-order valence-corrected chi connectivity index (χ2v) is 7.40. The van der Waals surface area contributed by atoms with E-state index in [1.165, 1.54) is 17.0 Å². The third kappa shape index (κ3) is 4.26. The molecule has 7 heteroatoms. The number of carbonyl (C=O) groups is 1. The van der Waals surface area contributed by atoms with E-state index in [0.29, 0.717) is 22.0 Å². The van der Waals surface area contributed by atoms with Crippen LogP contribution in [0.3, 0.4) is 0 Å². The third-order valence-electron chi connectivity index (χ3n) is 5.30. The highest BCUT2D eigenvalue weighted by molar-refractivity contribution is 5.81. The Kier molecular flexibility index (Phi) is 5.66. The van der Waals surface area contributed by atoms with Crippen LogP contribution in [-0.2, 0) is 29.1 Å². The maximum atomic E-state index is 12.6. The van der Waals surface area contributed by atoms with Crippen LogP contribution in [0, 0.1) is 6.92 Å². The normalized spacial score (nSPS) is 11.2. The molecule has 0 spiro atoms. The van der Waals surface area contributed by atoms with E-state index in [9.17, 15) is 14.4 Å². The van der Waals surface area contributed by atoms with Crippen molar-refractivity contribution in [2.75, 3.05) is 0 Å². The number of rotatable bonds is 6. The number of para-hydroxylation sites is 1. The fourth-order valence-electron chi connectivity index (χ4n) is 3.55. The summed E-state index contributed by atoms with van der Waals surface area (Å²) in [5.41, 5.74) is 3.01. The third-order valence-corrected chi connectivity index (χ3v) is 5.30. The molecule has 7 nitrogen and oxygen atoms in total. The molecule has 0 saturated carbocycles. The van der Waals surface area contributed by atoms with Gasteiger partial charge in [-0.3, -0.25) is 14.2 Å². The Morgan fingerprint density at radius 1 is 1.13 bits per heavy atom. The Labute approximate surface area is 177 Å². The van der Waals surface area contributed by atoms with E-state index in [4.69, 9.17) is 9.15 Å². The first-order chi connectivity index (χ1) is 15.0. The predicted octanol–water partition coefficient (Wildman–Crippen LogP) is 3.51. The van der Waals surface area contributed by atoms with Crippen molar-refractivity contribution in [1.29, 1.82) is 0 Å². The SMILES string of the molecule is CCc1ccc2c(COC(=O)CCn3cnc4c(C)cccc4c3=O)cc(=O)oc2c1. The maximum absolute atomic E-state index is 12.6. The molecule has 0 amide bonds. The highest BCUT2D eigenvalue weighted by Crippen LogP contribution is 2.20. The van der Waals surface area contributed by atoms with Crippen molar-refractivity contribution in [3.05, 3.63) is 86.3 Å². The Morgan fingerprint density at radius 2 is 1.97 bits per heavy atom. The molecule has 4 aromatic rings. The lowest BCUT2D eigenvalue weighted by Crippen LogP contribution is -2.22. The first-order valence-electron chi connectivity index (χ1n) is 10.1. The van der Waals surface area contributed by atoms with E-state index in [1.807, 2.05) is 44.2 Å². The number of fused-ring (bicyclic) bond motifs is 2. The zero-order valence-electron chi connectivity index (χ0n) is 17.4. The summed E-state index contributed by atoms with van der Waals surface area (Å²) >= 11 is 0. The molecule has 2 aromatic carbocycles. The molecular formula is C24H22N2O5. The summed E-state index contributed by atoms with van der Waals surface area (Å²) in [7, 11) is 0. The molecule has 158 valence electrons. The molecule has 0 aliphatic carbocycles. The quantitative estimate of drug-likeness (QED) is 0.352. The van der Waals surface area contributed by atoms with Gasteiger partial charge >= 0.3 is 11.6 Å². The molecule has 0 saturated heterocycles. The molecule has 2 heterocycles. The predicted molar refractivity (Wildman–Crippen MR) is 117 cm³/mol. The van der Waals surface area contributed by atoms with Crippen molar-refractivity contribution in [2.24, 2.45) is 0 Å². The van der Waals surface area contributed by atoms with Crippen LogP contribution in [0.4, 0.5) is 0 Å². The molecule has 31 heavy (non-hydrogen) atoms. The zero-order valence-corrected chi connectivity index (χ0v) is 17.4. The molecule has 0 radical (unpaired) electrons. The maximum Gasteiger partial charge on any atom is 0.336 e. The largest absolute Gasteiger partial charge is 0.461 e. The highest BCUT2D eigenvalue weighted by Gasteiger charge is 2.11. The lowest BCUT2D eigenvalue weighted by Gasteiger charge is -2.09. The van der Waals surface area contributed by atoms with Gasteiger partial charge in [0, 0.05) is 23.6 Å². The van der Waals surface area contributed by atoms with Gasteiger partial charge in [0.15, 0.2) is 0 Å². The minimum absolute atomic E-state index is 0.0122. The van der Waals surface area contributed by atoms with Crippen LogP contribution in [0.25, 0.3) is 21.9 Å². The molecule has 4 rings (SSSR count). The minimum Gasteiger partial charge on any atom is -0.461 e. The van der Waals surface area contributed by atoms with Crippen molar-refractivity contribution in [3.63, 3.8) is 0 Å². The van der Waals surface area contributed by atoms with Gasteiger partial charge in [-0.2, -0.15) is 0 Å². The number of aromatic nitrogens is 2. The van der Waals surface area contributed by atoms with E-state index < -0.39 is 11.6 Å². The van der Waals surface area contributed by atoms with Gasteiger partial charge in [-0.05, 0) is 36.6 Å². The fourth-order valence-corrected chi connectivity index (χ4v) is 3.55. The average Bonchev–Trinajstić information content (AvgIpc) is 2.77. The van der Waals surface area contributed by atoms with Crippen LogP contribution < -0.4 is 11.2 Å². The first-order valence-corrected chi connectivity index (χ1v) is 10.1. The second-order valence-electron chi connectivity index (χ2n) is 7.40. The van der Waals surface area contributed by atoms with Crippen molar-refractivity contribution >= 4 is 27.8 Å². The number of hydrogen-bond donors (Lipinski definition) is 0. The van der Waals surface area contributed by atoms with Crippen molar-refractivity contribution in [2.45, 2.75) is 39.8 Å². The number of benzene rings is 2. The van der Waals surface area contributed by atoms with E-state index >= 15 is 0 Å². The van der Waals surface area contributed by atoms with Crippen LogP contribution in [0.1, 0.15) is 30.0 Å². The van der Waals surface area contributed by atoms with Gasteiger partial charge in [-0.1, -0.05) is 31.2 Å². The molecular weight excluding hydrogens is 396 g/mol. The minimum atomic E-state index is -0.490. The number of hydrogen-bond acceptors (Lipinski definition) is 6. The van der Waals surface area contributed by atoms with Crippen molar-refractivity contribution in [3.8, 4) is 0 Å². The summed E-state index contributed by atoms with van der Waals surface area (Å²) in [4.78, 5) is 41.1. The monoisotopic (exact) mass is 418 g/mol. The summed E-state index contributed by atoms with van der Waals surface area (Å²) in [6, 6.07) is 12.4. The average molecular weight is 418 g/mol. The zero-order chi connectivity index (χ0) is 22.0. The fraction of sp³-hybridized carbons (Fsp3) is 0.250. The number of aryl methyl sites for hydroxylation is 3. The van der Waals surface area contributed by atoms with Gasteiger partial charge in [0.25, 0.3) is 5.56 Å². The van der Waals surface area contributed by atoms with Crippen LogP contribution in [0.2, 0.25) is 0 Å². The highest BCUT2D eigenvalue weighted by atomic mass is 16.5. The summed E-state index contributed by atoms with van der Waals surface area (Å²) in [5, 5.41) is 1.25. The Morgan fingerprint density at radius 3 is 2.77 bits per heavy atom. The van der Waals surface area contributed by atoms with Crippen molar-refractivity contribution < 1.29 is 13.9 Å². The summed E-state index contributed by atoms with van der Waals surface area (Å²) < 4.78 is 12.0. The lowest BCUT2D eigenvalue weighted by molar-refractivity contribution is -0.145. The molecule has 0 atom stereocenters. The number of esters is 1. The van der Waals surface area contributed by atoms with E-state index in [0.717, 1.165) is 22.9 Å². The van der Waals surface area contributed by atoms with Gasteiger partial charge in [0.2, 0.25) is 0 Å². The Hall–Kier alpha value is -3.74. The van der Waals surface area contributed by atoms with Crippen LogP contribution in [0.15, 0.2) is 62.8 Å². The van der Waals surface area contributed by atoms with Gasteiger partial charge in [-0.25, -0.2) is 9.78 Å². The number of ether oxygens (including phenoxy) is 1. The van der Waals surface area contributed by atoms with E-state index in [1.54, 1.807) is 6.07 Å². The molecule has 0 N–H and O–H groups in total. The van der Waals surface area contributed by atoms with Gasteiger partial charge < -0.3 is 9.15 Å². The van der Waals surface area contributed by atoms with Gasteiger partial charge in [-0.15, -0.1) is 0 Å². The number of nitrogens with zero attached hydrogens (tertiary/aromatic N) is 2. The summed E-state index contributed by atoms with van der Waals surface area (Å²) in [6.45, 7) is 4.03. The second kappa shape index (κ2) is 8.55. The Bertz CT molecular complexity index is 1400. The molecule has 0 unspecified atom stereocenters. The Balaban J connectivity index is 1.46. The molecule has 0 bridgehead atoms. The molecule has 0 fully saturated rings. The topological polar surface area (TPSA) is 91.4 Å². The van der Waals surface area contributed by atoms with Gasteiger partial charge in [0.05, 0.1) is 23.7 Å². The lowest BCUT2D eigenvalue weighted by atomic mass is 10.1. The summed E-state index contributed by atoms with van der Waals surface area (Å²) in [6.07, 6.45) is 2.28. The van der Waals surface area contributed by atoms with E-state index in [-0.39, 0.29) is 25.1 Å². The van der Waals surface area contributed by atoms with Crippen molar-refractivity contribution in [1.82, 2.24) is 9.55 Å². The standard InChI is InChI=1S/C24H22N2O5/c1-3-16-7-8-18-17(12-22(28)31-20(18)11-16)13-30-21(27)9-10-26-14-25-23-15(2)5-4-6-19(23)24(26)29/h4-8,11-12,14H,3,9-10,13H2,1-2H3. The molecule has 0 aliphatic heterocycles. The van der Waals surface area contributed by atoms with E-state index in [2.05, 4.69) is 4.98 Å². The summed E-state index contributed by atoms with van der Waals surface area (Å²) in [5.74, 6) is -0.470. The molecule has 2 aromatic heterocycles.